The zero-order valence-corrected chi connectivity index (χ0v) is 19.1. The number of benzene rings is 2. The Morgan fingerprint density at radius 1 is 1.09 bits per heavy atom. The summed E-state index contributed by atoms with van der Waals surface area (Å²) in [6, 6.07) is 17.2. The van der Waals surface area contributed by atoms with Crippen LogP contribution in [-0.4, -0.2) is 55.7 Å². The van der Waals surface area contributed by atoms with E-state index >= 15 is 0 Å². The van der Waals surface area contributed by atoms with Crippen molar-refractivity contribution in [1.29, 1.82) is 0 Å². The number of fused-ring (bicyclic) bond motifs is 1. The molecular formula is C26H32N2O4. The second-order valence-electron chi connectivity index (χ2n) is 9.17. The van der Waals surface area contributed by atoms with Gasteiger partial charge in [0.2, 0.25) is 0 Å². The van der Waals surface area contributed by atoms with E-state index in [1.165, 1.54) is 6.92 Å². The molecule has 0 unspecified atom stereocenters. The van der Waals surface area contributed by atoms with Crippen LogP contribution in [0.1, 0.15) is 48.5 Å². The molecular weight excluding hydrogens is 404 g/mol. The smallest absolute Gasteiger partial charge is 0.308 e. The van der Waals surface area contributed by atoms with Crippen LogP contribution in [0.4, 0.5) is 0 Å². The van der Waals surface area contributed by atoms with Gasteiger partial charge in [0.25, 0.3) is 5.91 Å². The van der Waals surface area contributed by atoms with Crippen LogP contribution in [0.5, 0.6) is 5.75 Å². The zero-order chi connectivity index (χ0) is 22.8. The Labute approximate surface area is 189 Å². The van der Waals surface area contributed by atoms with Crippen molar-refractivity contribution in [3.63, 3.8) is 0 Å². The molecule has 0 bridgehead atoms. The lowest BCUT2D eigenvalue weighted by molar-refractivity contribution is -0.144. The van der Waals surface area contributed by atoms with Gasteiger partial charge in [-0.25, -0.2) is 0 Å². The number of rotatable bonds is 5. The van der Waals surface area contributed by atoms with Crippen molar-refractivity contribution in [2.24, 2.45) is 0 Å². The molecule has 2 aromatic carbocycles. The van der Waals surface area contributed by atoms with Gasteiger partial charge in [-0.2, -0.15) is 0 Å². The summed E-state index contributed by atoms with van der Waals surface area (Å²) in [6.07, 6.45) is 3.37. The fourth-order valence-corrected chi connectivity index (χ4v) is 5.70. The summed E-state index contributed by atoms with van der Waals surface area (Å²) in [4.78, 5) is 26.8. The van der Waals surface area contributed by atoms with Gasteiger partial charge in [-0.1, -0.05) is 30.3 Å². The Kier molecular flexibility index (Phi) is 6.35. The Hall–Kier alpha value is -2.70. The molecule has 170 valence electrons. The maximum atomic E-state index is 12.9. The average Bonchev–Trinajstić information content (AvgIpc) is 2.79. The summed E-state index contributed by atoms with van der Waals surface area (Å²) in [6.45, 7) is 3.17. The number of carbonyl (C=O) groups is 2. The summed E-state index contributed by atoms with van der Waals surface area (Å²) in [5.74, 6) is 0.165. The van der Waals surface area contributed by atoms with E-state index in [2.05, 4.69) is 23.3 Å². The van der Waals surface area contributed by atoms with Gasteiger partial charge >= 0.3 is 5.97 Å². The van der Waals surface area contributed by atoms with Crippen LogP contribution in [0, 0.1) is 0 Å². The predicted molar refractivity (Wildman–Crippen MR) is 123 cm³/mol. The Morgan fingerprint density at radius 2 is 1.88 bits per heavy atom. The van der Waals surface area contributed by atoms with Crippen molar-refractivity contribution < 1.29 is 19.1 Å². The summed E-state index contributed by atoms with van der Waals surface area (Å²) in [5, 5.41) is 3.27. The lowest BCUT2D eigenvalue weighted by atomic mass is 9.55. The molecule has 32 heavy (non-hydrogen) atoms. The molecule has 0 aromatic heterocycles. The number of ether oxygens (including phenoxy) is 2. The highest BCUT2D eigenvalue weighted by molar-refractivity contribution is 5.94. The third kappa shape index (κ3) is 4.17. The number of piperidine rings is 1. The normalized spacial score (nSPS) is 27.9. The number of carbonyl (C=O) groups excluding carboxylic acids is 2. The molecule has 4 rings (SSSR count). The van der Waals surface area contributed by atoms with E-state index in [0.717, 1.165) is 44.3 Å². The minimum atomic E-state index is -0.372. The molecule has 1 aliphatic carbocycles. The van der Waals surface area contributed by atoms with Crippen molar-refractivity contribution in [3.05, 3.63) is 65.7 Å². The summed E-state index contributed by atoms with van der Waals surface area (Å²) >= 11 is 0. The summed E-state index contributed by atoms with van der Waals surface area (Å²) in [5.41, 5.74) is 1.11. The highest BCUT2D eigenvalue weighted by atomic mass is 16.5. The van der Waals surface area contributed by atoms with Gasteiger partial charge in [0.05, 0.1) is 5.60 Å². The van der Waals surface area contributed by atoms with Crippen molar-refractivity contribution in [3.8, 4) is 5.75 Å². The van der Waals surface area contributed by atoms with Gasteiger partial charge in [-0.3, -0.25) is 9.59 Å². The molecule has 2 fully saturated rings. The fourth-order valence-electron chi connectivity index (χ4n) is 5.70. The lowest BCUT2D eigenvalue weighted by Gasteiger charge is -2.59. The molecule has 1 N–H and O–H groups in total. The van der Waals surface area contributed by atoms with Crippen LogP contribution in [-0.2, 0) is 14.9 Å². The second kappa shape index (κ2) is 9.04. The minimum Gasteiger partial charge on any atom is -0.427 e. The number of hydrogen-bond acceptors (Lipinski definition) is 5. The summed E-state index contributed by atoms with van der Waals surface area (Å²) < 4.78 is 11.7. The van der Waals surface area contributed by atoms with Gasteiger partial charge < -0.3 is 19.7 Å². The number of nitrogens with one attached hydrogen (secondary N) is 1. The van der Waals surface area contributed by atoms with Crippen LogP contribution in [0.25, 0.3) is 0 Å². The third-order valence-corrected chi connectivity index (χ3v) is 7.22. The number of nitrogens with zero attached hydrogens (tertiary/aromatic N) is 1. The van der Waals surface area contributed by atoms with Crippen LogP contribution in [0.2, 0.25) is 0 Å². The van der Waals surface area contributed by atoms with Crippen molar-refractivity contribution in [2.45, 2.75) is 49.7 Å². The van der Waals surface area contributed by atoms with E-state index in [-0.39, 0.29) is 28.9 Å². The molecule has 6 nitrogen and oxygen atoms in total. The number of likely N-dealkylation sites (tertiary alicyclic amines) is 1. The first-order valence-corrected chi connectivity index (χ1v) is 11.3. The number of methoxy groups -OCH3 is 1. The highest BCUT2D eigenvalue weighted by Gasteiger charge is 2.58. The minimum absolute atomic E-state index is 0.0340. The molecule has 0 spiro atoms. The standard InChI is InChI=1S/C26H32N2O4/c1-19(29)32-23-11-7-10-21(16-23)25-14-15-28(2)18-26(25,31-3)13-12-22(17-25)27-24(30)20-8-5-4-6-9-20/h4-11,16,22H,12-15,17-18H2,1-3H3,(H,27,30)/t22-,25+,26+/m1/s1. The van der Waals surface area contributed by atoms with Crippen molar-refractivity contribution in [2.75, 3.05) is 27.2 Å². The number of amides is 1. The van der Waals surface area contributed by atoms with Gasteiger partial charge in [0.1, 0.15) is 5.75 Å². The van der Waals surface area contributed by atoms with Gasteiger partial charge in [0, 0.05) is 37.6 Å². The quantitative estimate of drug-likeness (QED) is 0.574. The predicted octanol–water partition coefficient (Wildman–Crippen LogP) is 3.55. The van der Waals surface area contributed by atoms with Crippen LogP contribution in [0.3, 0.4) is 0 Å². The first-order chi connectivity index (χ1) is 15.4. The van der Waals surface area contributed by atoms with E-state index in [9.17, 15) is 9.59 Å². The largest absolute Gasteiger partial charge is 0.427 e. The van der Waals surface area contributed by atoms with E-state index in [0.29, 0.717) is 11.3 Å². The first-order valence-electron chi connectivity index (χ1n) is 11.3. The SMILES string of the molecule is CO[C@]12CC[C@@H](NC(=O)c3ccccc3)C[C@]1(c1cccc(OC(C)=O)c1)CCN(C)C2. The Morgan fingerprint density at radius 3 is 2.59 bits per heavy atom. The number of esters is 1. The molecule has 0 radical (unpaired) electrons. The van der Waals surface area contributed by atoms with E-state index in [1.807, 2.05) is 48.5 Å². The number of likely N-dealkylation sites (N-methyl/N-ethyl adjacent to an activating group) is 1. The zero-order valence-electron chi connectivity index (χ0n) is 19.1. The average molecular weight is 437 g/mol. The second-order valence-corrected chi connectivity index (χ2v) is 9.17. The van der Waals surface area contributed by atoms with Crippen molar-refractivity contribution in [1.82, 2.24) is 10.2 Å². The van der Waals surface area contributed by atoms with E-state index in [4.69, 9.17) is 9.47 Å². The lowest BCUT2D eigenvalue weighted by Crippen LogP contribution is -2.67. The summed E-state index contributed by atoms with van der Waals surface area (Å²) in [7, 11) is 3.93. The van der Waals surface area contributed by atoms with Gasteiger partial charge in [-0.05, 0) is 69.1 Å². The monoisotopic (exact) mass is 436 g/mol. The molecule has 1 heterocycles. The topological polar surface area (TPSA) is 67.9 Å². The van der Waals surface area contributed by atoms with Crippen LogP contribution in [0.15, 0.2) is 54.6 Å². The molecule has 6 heteroatoms. The first kappa shape index (κ1) is 22.5. The van der Waals surface area contributed by atoms with Gasteiger partial charge in [0.15, 0.2) is 0 Å². The molecule has 1 saturated carbocycles. The Balaban J connectivity index is 1.68. The molecule has 2 aliphatic rings. The molecule has 1 aliphatic heterocycles. The van der Waals surface area contributed by atoms with E-state index in [1.54, 1.807) is 7.11 Å². The number of hydrogen-bond donors (Lipinski definition) is 1. The molecule has 1 amide bonds. The van der Waals surface area contributed by atoms with Crippen LogP contribution < -0.4 is 10.1 Å². The highest BCUT2D eigenvalue weighted by Crippen LogP contribution is 2.53. The maximum absolute atomic E-state index is 12.9. The fraction of sp³-hybridized carbons (Fsp3) is 0.462. The van der Waals surface area contributed by atoms with Crippen molar-refractivity contribution >= 4 is 11.9 Å². The molecule has 1 saturated heterocycles. The maximum Gasteiger partial charge on any atom is 0.308 e. The Bertz CT molecular complexity index is 979. The third-order valence-electron chi connectivity index (χ3n) is 7.22. The van der Waals surface area contributed by atoms with Crippen LogP contribution >= 0.6 is 0 Å². The molecule has 3 atom stereocenters. The molecule has 2 aromatic rings. The van der Waals surface area contributed by atoms with Gasteiger partial charge in [-0.15, -0.1) is 0 Å². The van der Waals surface area contributed by atoms with E-state index < -0.39 is 0 Å².